The zero-order chi connectivity index (χ0) is 20.4. The van der Waals surface area contributed by atoms with Gasteiger partial charge in [-0.25, -0.2) is 0 Å². The van der Waals surface area contributed by atoms with Gasteiger partial charge in [-0.3, -0.25) is 19.8 Å². The summed E-state index contributed by atoms with van der Waals surface area (Å²) < 4.78 is 0. The molecule has 148 valence electrons. The Bertz CT molecular complexity index is 1000. The molecule has 2 aromatic carbocycles. The number of anilines is 1. The third-order valence-corrected chi connectivity index (χ3v) is 5.67. The Hall–Kier alpha value is -2.99. The van der Waals surface area contributed by atoms with Gasteiger partial charge in [-0.1, -0.05) is 36.4 Å². The van der Waals surface area contributed by atoms with Gasteiger partial charge < -0.3 is 4.90 Å². The standard InChI is InChI=1S/C23H23N3O2S/c1-2-26-22(28)19(21(27)24-23(26)29)14-17-10-11-20-18(13-17)9-6-12-25(20)15-16-7-4-3-5-8-16/h3-5,7-8,10-11,13-14H,2,6,9,12,15H2,1H3,(H,24,27,29). The second kappa shape index (κ2) is 8.17. The van der Waals surface area contributed by atoms with Crippen LogP contribution < -0.4 is 10.2 Å². The molecule has 29 heavy (non-hydrogen) atoms. The summed E-state index contributed by atoms with van der Waals surface area (Å²) in [4.78, 5) is 28.7. The molecule has 1 saturated heterocycles. The van der Waals surface area contributed by atoms with Gasteiger partial charge in [-0.05, 0) is 66.9 Å². The molecule has 0 bridgehead atoms. The SMILES string of the molecule is CCN1C(=O)C(=Cc2ccc3c(c2)CCCN3Cc2ccccc2)C(=O)NC1=S. The highest BCUT2D eigenvalue weighted by Crippen LogP contribution is 2.30. The van der Waals surface area contributed by atoms with Crippen LogP contribution >= 0.6 is 12.2 Å². The molecule has 4 rings (SSSR count). The van der Waals surface area contributed by atoms with Gasteiger partial charge in [-0.15, -0.1) is 0 Å². The van der Waals surface area contributed by atoms with E-state index in [4.69, 9.17) is 12.2 Å². The van der Waals surface area contributed by atoms with E-state index in [1.165, 1.54) is 21.7 Å². The van der Waals surface area contributed by atoms with Crippen molar-refractivity contribution in [2.45, 2.75) is 26.3 Å². The minimum absolute atomic E-state index is 0.123. The molecule has 0 radical (unpaired) electrons. The number of carbonyl (C=O) groups excluding carboxylic acids is 2. The number of nitrogens with one attached hydrogen (secondary N) is 1. The molecule has 0 aromatic heterocycles. The molecular formula is C23H23N3O2S. The summed E-state index contributed by atoms with van der Waals surface area (Å²) in [5, 5.41) is 2.77. The molecule has 0 atom stereocenters. The van der Waals surface area contributed by atoms with Crippen molar-refractivity contribution in [3.8, 4) is 0 Å². The maximum absolute atomic E-state index is 12.6. The molecule has 6 heteroatoms. The van der Waals surface area contributed by atoms with E-state index < -0.39 is 5.91 Å². The third-order valence-electron chi connectivity index (χ3n) is 5.35. The molecule has 2 aliphatic rings. The smallest absolute Gasteiger partial charge is 0.265 e. The lowest BCUT2D eigenvalue weighted by atomic mass is 9.97. The van der Waals surface area contributed by atoms with Gasteiger partial charge in [0.1, 0.15) is 5.57 Å². The van der Waals surface area contributed by atoms with Gasteiger partial charge in [0.05, 0.1) is 0 Å². The van der Waals surface area contributed by atoms with Crippen molar-refractivity contribution in [2.75, 3.05) is 18.0 Å². The number of nitrogens with zero attached hydrogens (tertiary/aromatic N) is 2. The summed E-state index contributed by atoms with van der Waals surface area (Å²) in [6.07, 6.45) is 3.73. The Labute approximate surface area is 176 Å². The highest BCUT2D eigenvalue weighted by atomic mass is 32.1. The fourth-order valence-corrected chi connectivity index (χ4v) is 4.21. The number of hydrogen-bond donors (Lipinski definition) is 1. The zero-order valence-electron chi connectivity index (χ0n) is 16.4. The van der Waals surface area contributed by atoms with E-state index in [2.05, 4.69) is 46.6 Å². The molecule has 0 aliphatic carbocycles. The van der Waals surface area contributed by atoms with Crippen molar-refractivity contribution in [3.05, 3.63) is 70.8 Å². The summed E-state index contributed by atoms with van der Waals surface area (Å²) in [7, 11) is 0. The summed E-state index contributed by atoms with van der Waals surface area (Å²) in [5.41, 5.74) is 4.72. The van der Waals surface area contributed by atoms with E-state index in [9.17, 15) is 9.59 Å². The Morgan fingerprint density at radius 1 is 1.14 bits per heavy atom. The predicted octanol–water partition coefficient (Wildman–Crippen LogP) is 3.29. The van der Waals surface area contributed by atoms with Crippen LogP contribution in [0.3, 0.4) is 0 Å². The first kappa shape index (κ1) is 19.3. The van der Waals surface area contributed by atoms with Crippen LogP contribution in [0.1, 0.15) is 30.0 Å². The number of hydrogen-bond acceptors (Lipinski definition) is 4. The first-order chi connectivity index (χ1) is 14.1. The maximum atomic E-state index is 12.6. The molecule has 0 unspecified atom stereocenters. The third kappa shape index (κ3) is 3.93. The van der Waals surface area contributed by atoms with E-state index in [0.29, 0.717) is 6.54 Å². The number of carbonyl (C=O) groups is 2. The predicted molar refractivity (Wildman–Crippen MR) is 118 cm³/mol. The molecular weight excluding hydrogens is 382 g/mol. The number of rotatable bonds is 4. The lowest BCUT2D eigenvalue weighted by Crippen LogP contribution is -2.53. The van der Waals surface area contributed by atoms with Crippen LogP contribution in [0, 0.1) is 0 Å². The van der Waals surface area contributed by atoms with Gasteiger partial charge >= 0.3 is 0 Å². The van der Waals surface area contributed by atoms with E-state index in [1.54, 1.807) is 6.08 Å². The molecule has 0 saturated carbocycles. The summed E-state index contributed by atoms with van der Waals surface area (Å²) in [5.74, 6) is -0.780. The van der Waals surface area contributed by atoms with Crippen LogP contribution in [0.4, 0.5) is 5.69 Å². The number of likely N-dealkylation sites (N-methyl/N-ethyl adjacent to an activating group) is 1. The largest absolute Gasteiger partial charge is 0.367 e. The lowest BCUT2D eigenvalue weighted by Gasteiger charge is -2.32. The van der Waals surface area contributed by atoms with Gasteiger partial charge in [0, 0.05) is 25.3 Å². The summed E-state index contributed by atoms with van der Waals surface area (Å²) in [6, 6.07) is 16.6. The molecule has 2 aromatic rings. The average Bonchev–Trinajstić information content (AvgIpc) is 2.72. The highest BCUT2D eigenvalue weighted by molar-refractivity contribution is 7.80. The van der Waals surface area contributed by atoms with Crippen molar-refractivity contribution in [1.82, 2.24) is 10.2 Å². The summed E-state index contributed by atoms with van der Waals surface area (Å²) >= 11 is 5.08. The number of thiocarbonyl (C=S) groups is 1. The highest BCUT2D eigenvalue weighted by Gasteiger charge is 2.32. The first-order valence-corrected chi connectivity index (χ1v) is 10.3. The monoisotopic (exact) mass is 405 g/mol. The van der Waals surface area contributed by atoms with Gasteiger partial charge in [0.25, 0.3) is 11.8 Å². The van der Waals surface area contributed by atoms with E-state index in [-0.39, 0.29) is 16.6 Å². The Kier molecular flexibility index (Phi) is 5.45. The van der Waals surface area contributed by atoms with Crippen LogP contribution in [0.2, 0.25) is 0 Å². The van der Waals surface area contributed by atoms with Gasteiger partial charge in [0.2, 0.25) is 0 Å². The van der Waals surface area contributed by atoms with Crippen molar-refractivity contribution in [3.63, 3.8) is 0 Å². The molecule has 2 aliphatic heterocycles. The molecule has 0 spiro atoms. The second-order valence-electron chi connectivity index (χ2n) is 7.27. The van der Waals surface area contributed by atoms with Gasteiger partial charge in [0.15, 0.2) is 5.11 Å². The molecule has 1 fully saturated rings. The summed E-state index contributed by atoms with van der Waals surface area (Å²) in [6.45, 7) is 4.15. The molecule has 5 nitrogen and oxygen atoms in total. The molecule has 2 heterocycles. The van der Waals surface area contributed by atoms with Crippen LogP contribution in [-0.2, 0) is 22.6 Å². The van der Waals surface area contributed by atoms with Gasteiger partial charge in [-0.2, -0.15) is 0 Å². The maximum Gasteiger partial charge on any atom is 0.265 e. The van der Waals surface area contributed by atoms with Crippen molar-refractivity contribution < 1.29 is 9.59 Å². The minimum Gasteiger partial charge on any atom is -0.367 e. The fraction of sp³-hybridized carbons (Fsp3) is 0.261. The molecule has 2 amide bonds. The Morgan fingerprint density at radius 3 is 2.69 bits per heavy atom. The fourth-order valence-electron chi connectivity index (χ4n) is 3.90. The van der Waals surface area contributed by atoms with Crippen molar-refractivity contribution in [1.29, 1.82) is 0 Å². The van der Waals surface area contributed by atoms with Crippen molar-refractivity contribution in [2.24, 2.45) is 0 Å². The van der Waals surface area contributed by atoms with Crippen LogP contribution in [0.15, 0.2) is 54.1 Å². The minimum atomic E-state index is -0.437. The average molecular weight is 406 g/mol. The number of amides is 2. The van der Waals surface area contributed by atoms with Crippen LogP contribution in [-0.4, -0.2) is 34.9 Å². The van der Waals surface area contributed by atoms with E-state index >= 15 is 0 Å². The Balaban J connectivity index is 1.61. The normalized spacial score (nSPS) is 18.1. The van der Waals surface area contributed by atoms with E-state index in [0.717, 1.165) is 31.5 Å². The van der Waals surface area contributed by atoms with Crippen LogP contribution in [0.5, 0.6) is 0 Å². The number of aryl methyl sites for hydroxylation is 1. The van der Waals surface area contributed by atoms with Crippen molar-refractivity contribution >= 4 is 40.9 Å². The topological polar surface area (TPSA) is 52.7 Å². The Morgan fingerprint density at radius 2 is 1.93 bits per heavy atom. The number of benzene rings is 2. The molecule has 1 N–H and O–H groups in total. The zero-order valence-corrected chi connectivity index (χ0v) is 17.2. The van der Waals surface area contributed by atoms with E-state index in [1.807, 2.05) is 19.1 Å². The number of fused-ring (bicyclic) bond motifs is 1. The first-order valence-electron chi connectivity index (χ1n) is 9.87. The quantitative estimate of drug-likeness (QED) is 0.482. The second-order valence-corrected chi connectivity index (χ2v) is 7.65. The lowest BCUT2D eigenvalue weighted by molar-refractivity contribution is -0.128. The van der Waals surface area contributed by atoms with Crippen LogP contribution in [0.25, 0.3) is 6.08 Å².